The van der Waals surface area contributed by atoms with Crippen molar-refractivity contribution >= 4 is 23.1 Å². The van der Waals surface area contributed by atoms with Crippen LogP contribution in [0.15, 0.2) is 78.9 Å². The zero-order valence-corrected chi connectivity index (χ0v) is 18.0. The topological polar surface area (TPSA) is 85.4 Å². The second kappa shape index (κ2) is 9.00. The van der Waals surface area contributed by atoms with Crippen molar-refractivity contribution in [2.24, 2.45) is 0 Å². The Labute approximate surface area is 191 Å². The van der Waals surface area contributed by atoms with Crippen LogP contribution < -0.4 is 20.1 Å². The first-order chi connectivity index (χ1) is 16.1. The van der Waals surface area contributed by atoms with Crippen LogP contribution in [-0.2, 0) is 0 Å². The van der Waals surface area contributed by atoms with E-state index in [-0.39, 0.29) is 5.91 Å². The van der Waals surface area contributed by atoms with Gasteiger partial charge in [-0.3, -0.25) is 4.79 Å². The van der Waals surface area contributed by atoms with Gasteiger partial charge in [-0.15, -0.1) is 10.2 Å². The minimum atomic E-state index is -0.208. The van der Waals surface area contributed by atoms with Gasteiger partial charge in [0.05, 0.1) is 5.69 Å². The van der Waals surface area contributed by atoms with Crippen LogP contribution in [0.2, 0.25) is 0 Å². The van der Waals surface area contributed by atoms with Crippen LogP contribution in [-0.4, -0.2) is 29.3 Å². The van der Waals surface area contributed by atoms with Crippen LogP contribution in [0, 0.1) is 6.92 Å². The van der Waals surface area contributed by atoms with Crippen molar-refractivity contribution in [1.82, 2.24) is 10.2 Å². The molecular weight excluding hydrogens is 416 g/mol. The fourth-order valence-electron chi connectivity index (χ4n) is 3.53. The van der Waals surface area contributed by atoms with E-state index in [2.05, 4.69) is 26.9 Å². The zero-order valence-electron chi connectivity index (χ0n) is 18.0. The van der Waals surface area contributed by atoms with Crippen molar-refractivity contribution in [1.29, 1.82) is 0 Å². The van der Waals surface area contributed by atoms with Gasteiger partial charge in [-0.25, -0.2) is 0 Å². The molecule has 1 aliphatic rings. The van der Waals surface area contributed by atoms with Crippen LogP contribution in [0.4, 0.5) is 17.2 Å². The lowest BCUT2D eigenvalue weighted by atomic mass is 10.1. The molecule has 33 heavy (non-hydrogen) atoms. The second-order valence-corrected chi connectivity index (χ2v) is 7.69. The summed E-state index contributed by atoms with van der Waals surface area (Å²) in [7, 11) is 0. The van der Waals surface area contributed by atoms with Crippen LogP contribution in [0.25, 0.3) is 11.3 Å². The number of rotatable bonds is 5. The molecule has 0 unspecified atom stereocenters. The quantitative estimate of drug-likeness (QED) is 0.444. The number of carbonyl (C=O) groups excluding carboxylic acids is 1. The van der Waals surface area contributed by atoms with E-state index in [4.69, 9.17) is 9.47 Å². The van der Waals surface area contributed by atoms with Crippen molar-refractivity contribution < 1.29 is 14.3 Å². The highest BCUT2D eigenvalue weighted by Gasteiger charge is 2.13. The van der Waals surface area contributed by atoms with Crippen LogP contribution in [0.5, 0.6) is 11.5 Å². The molecule has 0 atom stereocenters. The molecule has 7 nitrogen and oxygen atoms in total. The molecule has 0 radical (unpaired) electrons. The maximum atomic E-state index is 12.6. The van der Waals surface area contributed by atoms with E-state index in [0.29, 0.717) is 41.8 Å². The molecule has 1 amide bonds. The molecule has 0 saturated heterocycles. The van der Waals surface area contributed by atoms with E-state index in [1.165, 1.54) is 5.56 Å². The number of fused-ring (bicyclic) bond motifs is 1. The van der Waals surface area contributed by atoms with Crippen LogP contribution >= 0.6 is 0 Å². The first kappa shape index (κ1) is 20.5. The summed E-state index contributed by atoms with van der Waals surface area (Å²) in [4.78, 5) is 12.6. The lowest BCUT2D eigenvalue weighted by Gasteiger charge is -2.19. The van der Waals surface area contributed by atoms with Crippen molar-refractivity contribution in [2.45, 2.75) is 6.92 Å². The third-order valence-corrected chi connectivity index (χ3v) is 5.20. The number of aromatic nitrogens is 2. The minimum absolute atomic E-state index is 0.208. The smallest absolute Gasteiger partial charge is 0.255 e. The molecule has 2 N–H and O–H groups in total. The lowest BCUT2D eigenvalue weighted by Crippen LogP contribution is -2.16. The normalized spacial score (nSPS) is 12.2. The standard InChI is InChI=1S/C26H22N4O3/c1-17-3-2-4-19(15-17)22-10-12-25(30-29-22)27-20-7-5-18(6-8-20)26(31)28-21-9-11-23-24(16-21)33-14-13-32-23/h2-12,15-16H,13-14H2,1H3,(H,27,30)(H,28,31). The van der Waals surface area contributed by atoms with E-state index >= 15 is 0 Å². The van der Waals surface area contributed by atoms with E-state index in [1.54, 1.807) is 30.3 Å². The van der Waals surface area contributed by atoms with Gasteiger partial charge >= 0.3 is 0 Å². The number of amides is 1. The maximum absolute atomic E-state index is 12.6. The molecule has 0 spiro atoms. The van der Waals surface area contributed by atoms with Gasteiger partial charge in [0.15, 0.2) is 17.3 Å². The highest BCUT2D eigenvalue weighted by molar-refractivity contribution is 6.04. The Morgan fingerprint density at radius 1 is 0.818 bits per heavy atom. The summed E-state index contributed by atoms with van der Waals surface area (Å²) in [5, 5.41) is 14.7. The summed E-state index contributed by atoms with van der Waals surface area (Å²) in [5.41, 5.74) is 5.02. The van der Waals surface area contributed by atoms with Gasteiger partial charge in [-0.05, 0) is 61.5 Å². The summed E-state index contributed by atoms with van der Waals surface area (Å²) < 4.78 is 11.1. The van der Waals surface area contributed by atoms with Gasteiger partial charge in [0, 0.05) is 28.6 Å². The van der Waals surface area contributed by atoms with Gasteiger partial charge in [-0.1, -0.05) is 23.8 Å². The van der Waals surface area contributed by atoms with Gasteiger partial charge in [0.25, 0.3) is 5.91 Å². The number of hydrogen-bond donors (Lipinski definition) is 2. The highest BCUT2D eigenvalue weighted by atomic mass is 16.6. The van der Waals surface area contributed by atoms with E-state index in [0.717, 1.165) is 16.9 Å². The average Bonchev–Trinajstić information content (AvgIpc) is 2.85. The minimum Gasteiger partial charge on any atom is -0.486 e. The second-order valence-electron chi connectivity index (χ2n) is 7.69. The van der Waals surface area contributed by atoms with E-state index in [9.17, 15) is 4.79 Å². The number of ether oxygens (including phenoxy) is 2. The Morgan fingerprint density at radius 3 is 2.36 bits per heavy atom. The summed E-state index contributed by atoms with van der Waals surface area (Å²) in [6.45, 7) is 3.08. The van der Waals surface area contributed by atoms with Gasteiger partial charge in [-0.2, -0.15) is 0 Å². The maximum Gasteiger partial charge on any atom is 0.255 e. The molecule has 4 aromatic rings. The Balaban J connectivity index is 1.22. The van der Waals surface area contributed by atoms with Crippen molar-refractivity contribution in [3.63, 3.8) is 0 Å². The lowest BCUT2D eigenvalue weighted by molar-refractivity contribution is 0.102. The molecule has 5 rings (SSSR count). The first-order valence-corrected chi connectivity index (χ1v) is 10.6. The summed E-state index contributed by atoms with van der Waals surface area (Å²) in [6, 6.07) is 24.5. The number of nitrogens with zero attached hydrogens (tertiary/aromatic N) is 2. The van der Waals surface area contributed by atoms with Gasteiger partial charge < -0.3 is 20.1 Å². The van der Waals surface area contributed by atoms with E-state index < -0.39 is 0 Å². The van der Waals surface area contributed by atoms with Crippen molar-refractivity contribution in [2.75, 3.05) is 23.8 Å². The number of hydrogen-bond acceptors (Lipinski definition) is 6. The number of benzene rings is 3. The summed E-state index contributed by atoms with van der Waals surface area (Å²) >= 11 is 0. The summed E-state index contributed by atoms with van der Waals surface area (Å²) in [5.74, 6) is 1.73. The number of anilines is 3. The predicted octanol–water partition coefficient (Wildman–Crippen LogP) is 5.22. The zero-order chi connectivity index (χ0) is 22.6. The monoisotopic (exact) mass is 438 g/mol. The Kier molecular flexibility index (Phi) is 5.59. The molecule has 164 valence electrons. The fourth-order valence-corrected chi connectivity index (χ4v) is 3.53. The van der Waals surface area contributed by atoms with E-state index in [1.807, 2.05) is 49.4 Å². The molecule has 1 aromatic heterocycles. The first-order valence-electron chi connectivity index (χ1n) is 10.6. The molecule has 0 saturated carbocycles. The van der Waals surface area contributed by atoms with Crippen LogP contribution in [0.3, 0.4) is 0 Å². The number of carbonyl (C=O) groups is 1. The molecule has 0 aliphatic carbocycles. The van der Waals surface area contributed by atoms with Crippen LogP contribution in [0.1, 0.15) is 15.9 Å². The third-order valence-electron chi connectivity index (χ3n) is 5.20. The average molecular weight is 438 g/mol. The molecule has 0 fully saturated rings. The number of nitrogens with one attached hydrogen (secondary N) is 2. The van der Waals surface area contributed by atoms with Crippen molar-refractivity contribution in [3.8, 4) is 22.8 Å². The largest absolute Gasteiger partial charge is 0.486 e. The molecule has 7 heteroatoms. The highest BCUT2D eigenvalue weighted by Crippen LogP contribution is 2.32. The Bertz CT molecular complexity index is 1290. The van der Waals surface area contributed by atoms with Crippen molar-refractivity contribution in [3.05, 3.63) is 90.0 Å². The SMILES string of the molecule is Cc1cccc(-c2ccc(Nc3ccc(C(=O)Nc4ccc5c(c4)OCCO5)cc3)nn2)c1. The molecule has 3 aromatic carbocycles. The molecule has 1 aliphatic heterocycles. The van der Waals surface area contributed by atoms with Gasteiger partial charge in [0.1, 0.15) is 13.2 Å². The van der Waals surface area contributed by atoms with Gasteiger partial charge in [0.2, 0.25) is 0 Å². The predicted molar refractivity (Wildman–Crippen MR) is 127 cm³/mol. The Morgan fingerprint density at radius 2 is 1.61 bits per heavy atom. The molecule has 0 bridgehead atoms. The third kappa shape index (κ3) is 4.77. The summed E-state index contributed by atoms with van der Waals surface area (Å²) in [6.07, 6.45) is 0. The fraction of sp³-hybridized carbons (Fsp3) is 0.115. The number of aryl methyl sites for hydroxylation is 1. The molecule has 2 heterocycles. The Hall–Kier alpha value is -4.39. The molecular formula is C26H22N4O3.